The predicted octanol–water partition coefficient (Wildman–Crippen LogP) is 3.98. The fraction of sp³-hybridized carbons (Fsp3) is 0.188. The Morgan fingerprint density at radius 3 is 2.95 bits per heavy atom. The lowest BCUT2D eigenvalue weighted by Gasteiger charge is -2.13. The minimum atomic E-state index is -0.219. The lowest BCUT2D eigenvalue weighted by molar-refractivity contribution is 0.560. The predicted molar refractivity (Wildman–Crippen MR) is 81.9 cm³/mol. The van der Waals surface area contributed by atoms with Gasteiger partial charge >= 0.3 is 0 Å². The molecule has 0 amide bonds. The third-order valence-electron chi connectivity index (χ3n) is 3.40. The Hall–Kier alpha value is -1.91. The highest BCUT2D eigenvalue weighted by molar-refractivity contribution is 6.30. The molecule has 5 heteroatoms. The minimum absolute atomic E-state index is 0.0501. The molecule has 0 spiro atoms. The molecule has 3 nitrogen and oxygen atoms in total. The van der Waals surface area contributed by atoms with Crippen molar-refractivity contribution < 1.29 is 4.39 Å². The second-order valence-electron chi connectivity index (χ2n) is 5.00. The monoisotopic (exact) mass is 303 g/mol. The molecule has 0 radical (unpaired) electrons. The van der Waals surface area contributed by atoms with Gasteiger partial charge in [-0.25, -0.2) is 9.37 Å². The van der Waals surface area contributed by atoms with Gasteiger partial charge in [0, 0.05) is 25.0 Å². The van der Waals surface area contributed by atoms with Crippen LogP contribution in [0.25, 0.3) is 5.65 Å². The van der Waals surface area contributed by atoms with Gasteiger partial charge in [0.2, 0.25) is 0 Å². The fourth-order valence-electron chi connectivity index (χ4n) is 2.25. The normalized spacial score (nSPS) is 12.7. The quantitative estimate of drug-likeness (QED) is 0.790. The molecule has 0 saturated heterocycles. The number of rotatable bonds is 4. The van der Waals surface area contributed by atoms with Crippen molar-refractivity contribution >= 4 is 17.2 Å². The maximum Gasteiger partial charge on any atom is 0.137 e. The Morgan fingerprint density at radius 1 is 1.29 bits per heavy atom. The molecule has 0 bridgehead atoms. The van der Waals surface area contributed by atoms with E-state index in [0.29, 0.717) is 11.6 Å². The lowest BCUT2D eigenvalue weighted by Crippen LogP contribution is -2.18. The highest BCUT2D eigenvalue weighted by atomic mass is 35.5. The van der Waals surface area contributed by atoms with E-state index < -0.39 is 0 Å². The molecule has 0 fully saturated rings. The van der Waals surface area contributed by atoms with Crippen molar-refractivity contribution in [1.29, 1.82) is 0 Å². The second-order valence-corrected chi connectivity index (χ2v) is 5.44. The first-order valence-corrected chi connectivity index (χ1v) is 7.11. The van der Waals surface area contributed by atoms with Crippen molar-refractivity contribution in [2.45, 2.75) is 19.5 Å². The van der Waals surface area contributed by atoms with Gasteiger partial charge in [-0.1, -0.05) is 23.7 Å². The highest BCUT2D eigenvalue weighted by Gasteiger charge is 2.07. The molecule has 0 aliphatic heterocycles. The van der Waals surface area contributed by atoms with Gasteiger partial charge in [-0.2, -0.15) is 0 Å². The molecule has 0 saturated carbocycles. The van der Waals surface area contributed by atoms with Crippen LogP contribution in [-0.4, -0.2) is 9.38 Å². The van der Waals surface area contributed by atoms with Gasteiger partial charge in [-0.15, -0.1) is 0 Å². The van der Waals surface area contributed by atoms with Crippen LogP contribution in [0.1, 0.15) is 24.2 Å². The summed E-state index contributed by atoms with van der Waals surface area (Å²) in [6.07, 6.45) is 3.76. The summed E-state index contributed by atoms with van der Waals surface area (Å²) in [5.41, 5.74) is 2.69. The average molecular weight is 304 g/mol. The van der Waals surface area contributed by atoms with Crippen LogP contribution in [0.4, 0.5) is 4.39 Å². The maximum absolute atomic E-state index is 13.2. The smallest absolute Gasteiger partial charge is 0.137 e. The van der Waals surface area contributed by atoms with Gasteiger partial charge in [0.15, 0.2) is 0 Å². The number of imidazole rings is 1. The molecule has 3 rings (SSSR count). The number of hydrogen-bond donors (Lipinski definition) is 1. The first-order chi connectivity index (χ1) is 10.1. The number of halogens is 2. The fourth-order valence-corrected chi connectivity index (χ4v) is 2.42. The third kappa shape index (κ3) is 3.23. The van der Waals surface area contributed by atoms with Crippen LogP contribution in [0.5, 0.6) is 0 Å². The Labute approximate surface area is 127 Å². The minimum Gasteiger partial charge on any atom is -0.305 e. The topological polar surface area (TPSA) is 29.3 Å². The number of benzene rings is 1. The summed E-state index contributed by atoms with van der Waals surface area (Å²) < 4.78 is 15.1. The van der Waals surface area contributed by atoms with Crippen molar-refractivity contribution in [2.75, 3.05) is 0 Å². The van der Waals surface area contributed by atoms with Crippen molar-refractivity contribution in [1.82, 2.24) is 14.7 Å². The number of hydrogen-bond acceptors (Lipinski definition) is 2. The number of aromatic nitrogens is 2. The molecule has 1 unspecified atom stereocenters. The van der Waals surface area contributed by atoms with E-state index >= 15 is 0 Å². The molecule has 2 heterocycles. The molecule has 0 aliphatic rings. The third-order valence-corrected chi connectivity index (χ3v) is 3.63. The summed E-state index contributed by atoms with van der Waals surface area (Å²) in [6, 6.07) is 10.4. The van der Waals surface area contributed by atoms with Gasteiger partial charge in [0.05, 0.1) is 10.7 Å². The van der Waals surface area contributed by atoms with Crippen LogP contribution in [0.2, 0.25) is 5.02 Å². The van der Waals surface area contributed by atoms with Crippen molar-refractivity contribution in [2.24, 2.45) is 0 Å². The van der Waals surface area contributed by atoms with Crippen LogP contribution in [-0.2, 0) is 6.54 Å². The lowest BCUT2D eigenvalue weighted by atomic mass is 10.1. The summed E-state index contributed by atoms with van der Waals surface area (Å²) in [4.78, 5) is 4.50. The molecule has 21 heavy (non-hydrogen) atoms. The van der Waals surface area contributed by atoms with Crippen molar-refractivity contribution in [3.8, 4) is 0 Å². The van der Waals surface area contributed by atoms with Crippen LogP contribution in [0.3, 0.4) is 0 Å². The van der Waals surface area contributed by atoms with E-state index in [2.05, 4.69) is 10.3 Å². The van der Waals surface area contributed by atoms with Crippen LogP contribution in [0.15, 0.2) is 48.8 Å². The summed E-state index contributed by atoms with van der Waals surface area (Å²) in [5.74, 6) is -0.219. The van der Waals surface area contributed by atoms with E-state index in [0.717, 1.165) is 16.9 Å². The van der Waals surface area contributed by atoms with Crippen molar-refractivity contribution in [3.05, 3.63) is 70.9 Å². The summed E-state index contributed by atoms with van der Waals surface area (Å²) >= 11 is 5.95. The average Bonchev–Trinajstić information content (AvgIpc) is 2.86. The number of nitrogens with zero attached hydrogens (tertiary/aromatic N) is 2. The van der Waals surface area contributed by atoms with Crippen molar-refractivity contribution in [3.63, 3.8) is 0 Å². The van der Waals surface area contributed by atoms with Gasteiger partial charge in [0.1, 0.15) is 11.5 Å². The van der Waals surface area contributed by atoms with E-state index in [-0.39, 0.29) is 11.9 Å². The SMILES string of the molecule is CC(NCc1cn2cc(Cl)ccc2n1)c1cccc(F)c1. The molecule has 108 valence electrons. The van der Waals surface area contributed by atoms with E-state index in [9.17, 15) is 4.39 Å². The largest absolute Gasteiger partial charge is 0.305 e. The molecule has 1 atom stereocenters. The van der Waals surface area contributed by atoms with Gasteiger partial charge in [-0.05, 0) is 36.8 Å². The van der Waals surface area contributed by atoms with Gasteiger partial charge in [0.25, 0.3) is 0 Å². The number of pyridine rings is 1. The molecule has 0 aliphatic carbocycles. The van der Waals surface area contributed by atoms with Crippen LogP contribution >= 0.6 is 11.6 Å². The zero-order valence-electron chi connectivity index (χ0n) is 11.6. The molecule has 1 aromatic carbocycles. The number of nitrogens with one attached hydrogen (secondary N) is 1. The molecular weight excluding hydrogens is 289 g/mol. The maximum atomic E-state index is 13.2. The van der Waals surface area contributed by atoms with E-state index in [1.807, 2.05) is 41.9 Å². The molecule has 1 N–H and O–H groups in total. The number of fused-ring (bicyclic) bond motifs is 1. The standard InChI is InChI=1S/C16H15ClFN3/c1-11(12-3-2-4-14(18)7-12)19-8-15-10-21-9-13(17)5-6-16(21)20-15/h2-7,9-11,19H,8H2,1H3. The zero-order chi connectivity index (χ0) is 14.8. The first-order valence-electron chi connectivity index (χ1n) is 6.74. The van der Waals surface area contributed by atoms with Crippen LogP contribution in [0, 0.1) is 5.82 Å². The Balaban J connectivity index is 1.71. The first kappa shape index (κ1) is 14.0. The van der Waals surface area contributed by atoms with Gasteiger partial charge < -0.3 is 9.72 Å². The Morgan fingerprint density at radius 2 is 2.14 bits per heavy atom. The van der Waals surface area contributed by atoms with E-state index in [1.54, 1.807) is 12.1 Å². The molecule has 3 aromatic rings. The Kier molecular flexibility index (Phi) is 3.90. The highest BCUT2D eigenvalue weighted by Crippen LogP contribution is 2.15. The van der Waals surface area contributed by atoms with E-state index in [4.69, 9.17) is 11.6 Å². The van der Waals surface area contributed by atoms with Gasteiger partial charge in [-0.3, -0.25) is 0 Å². The summed E-state index contributed by atoms with van der Waals surface area (Å²) in [5, 5.41) is 4.02. The molecular formula is C16H15ClFN3. The van der Waals surface area contributed by atoms with Crippen LogP contribution < -0.4 is 5.32 Å². The van der Waals surface area contributed by atoms with E-state index in [1.165, 1.54) is 6.07 Å². The molecule has 2 aromatic heterocycles. The zero-order valence-corrected chi connectivity index (χ0v) is 12.3. The Bertz CT molecular complexity index is 769. The second kappa shape index (κ2) is 5.84. The summed E-state index contributed by atoms with van der Waals surface area (Å²) in [7, 11) is 0. The summed E-state index contributed by atoms with van der Waals surface area (Å²) in [6.45, 7) is 2.61.